The predicted molar refractivity (Wildman–Crippen MR) is 68.6 cm³/mol. The Morgan fingerprint density at radius 3 is 2.76 bits per heavy atom. The normalized spacial score (nSPS) is 16.6. The number of hydrogen-bond acceptors (Lipinski definition) is 2. The summed E-state index contributed by atoms with van der Waals surface area (Å²) in [5, 5.41) is 6.13. The van der Waals surface area contributed by atoms with Crippen LogP contribution in [-0.4, -0.2) is 19.5 Å². The van der Waals surface area contributed by atoms with Crippen LogP contribution in [0.4, 0.5) is 0 Å². The highest BCUT2D eigenvalue weighted by Crippen LogP contribution is 2.45. The molecule has 1 aromatic carbocycles. The number of hydrogen-bond donors (Lipinski definition) is 2. The monoisotopic (exact) mass is 232 g/mol. The fourth-order valence-electron chi connectivity index (χ4n) is 2.17. The lowest BCUT2D eigenvalue weighted by Crippen LogP contribution is -2.37. The third-order valence-electron chi connectivity index (χ3n) is 3.39. The Morgan fingerprint density at radius 2 is 2.18 bits per heavy atom. The molecular weight excluding hydrogens is 212 g/mol. The molecule has 0 radical (unpaired) electrons. The van der Waals surface area contributed by atoms with Crippen molar-refractivity contribution in [3.8, 4) is 0 Å². The maximum Gasteiger partial charge on any atom is 0.227 e. The Hall–Kier alpha value is -1.35. The number of carbonyl (C=O) groups is 1. The van der Waals surface area contributed by atoms with E-state index < -0.39 is 0 Å². The molecule has 1 aliphatic carbocycles. The molecule has 2 N–H and O–H groups in total. The van der Waals surface area contributed by atoms with E-state index >= 15 is 0 Å². The van der Waals surface area contributed by atoms with Crippen molar-refractivity contribution in [1.29, 1.82) is 0 Å². The molecule has 1 fully saturated rings. The van der Waals surface area contributed by atoms with Gasteiger partial charge >= 0.3 is 0 Å². The Kier molecular flexibility index (Phi) is 3.48. The second-order valence-electron chi connectivity index (χ2n) is 4.98. The Morgan fingerprint density at radius 1 is 1.41 bits per heavy atom. The second-order valence-corrected chi connectivity index (χ2v) is 4.98. The van der Waals surface area contributed by atoms with Gasteiger partial charge in [-0.3, -0.25) is 4.79 Å². The van der Waals surface area contributed by atoms with Crippen LogP contribution < -0.4 is 10.6 Å². The molecule has 0 spiro atoms. The summed E-state index contributed by atoms with van der Waals surface area (Å²) in [5.41, 5.74) is 2.27. The minimum atomic E-state index is -0.126. The van der Waals surface area contributed by atoms with Gasteiger partial charge in [-0.15, -0.1) is 0 Å². The van der Waals surface area contributed by atoms with Crippen LogP contribution in [0.1, 0.15) is 24.0 Å². The van der Waals surface area contributed by atoms with E-state index in [1.165, 1.54) is 11.1 Å². The molecule has 1 aliphatic rings. The molecule has 17 heavy (non-hydrogen) atoms. The topological polar surface area (TPSA) is 41.1 Å². The molecule has 92 valence electrons. The SMILES string of the molecule is CNCC1(C(=O)NCc2cccc(C)c2)CC1. The Balaban J connectivity index is 1.88. The number of carbonyl (C=O) groups excluding carboxylic acids is 1. The van der Waals surface area contributed by atoms with Crippen molar-refractivity contribution in [3.63, 3.8) is 0 Å². The number of aryl methyl sites for hydroxylation is 1. The van der Waals surface area contributed by atoms with Crippen molar-refractivity contribution in [2.24, 2.45) is 5.41 Å². The Bertz CT molecular complexity index is 410. The number of amides is 1. The van der Waals surface area contributed by atoms with Crippen molar-refractivity contribution in [2.75, 3.05) is 13.6 Å². The fourth-order valence-corrected chi connectivity index (χ4v) is 2.17. The summed E-state index contributed by atoms with van der Waals surface area (Å²) >= 11 is 0. The van der Waals surface area contributed by atoms with Crippen LogP contribution in [0.2, 0.25) is 0 Å². The van der Waals surface area contributed by atoms with Gasteiger partial charge in [0.2, 0.25) is 5.91 Å². The van der Waals surface area contributed by atoms with Gasteiger partial charge in [0.15, 0.2) is 0 Å². The lowest BCUT2D eigenvalue weighted by molar-refractivity contribution is -0.126. The summed E-state index contributed by atoms with van der Waals surface area (Å²) in [7, 11) is 1.90. The van der Waals surface area contributed by atoms with Crippen LogP contribution in [0.5, 0.6) is 0 Å². The van der Waals surface area contributed by atoms with E-state index in [4.69, 9.17) is 0 Å². The zero-order valence-electron chi connectivity index (χ0n) is 10.5. The molecule has 1 saturated carbocycles. The quantitative estimate of drug-likeness (QED) is 0.810. The first-order valence-corrected chi connectivity index (χ1v) is 6.15. The van der Waals surface area contributed by atoms with E-state index in [1.807, 2.05) is 19.2 Å². The smallest absolute Gasteiger partial charge is 0.227 e. The minimum Gasteiger partial charge on any atom is -0.352 e. The zero-order valence-corrected chi connectivity index (χ0v) is 10.5. The van der Waals surface area contributed by atoms with Gasteiger partial charge in [0.05, 0.1) is 5.41 Å². The van der Waals surface area contributed by atoms with Crippen LogP contribution in [0.25, 0.3) is 0 Å². The second kappa shape index (κ2) is 4.88. The summed E-state index contributed by atoms with van der Waals surface area (Å²) in [6.45, 7) is 3.48. The molecule has 0 bridgehead atoms. The lowest BCUT2D eigenvalue weighted by atomic mass is 10.1. The van der Waals surface area contributed by atoms with Gasteiger partial charge in [-0.2, -0.15) is 0 Å². The average molecular weight is 232 g/mol. The molecule has 0 atom stereocenters. The standard InChI is InChI=1S/C14H20N2O/c1-11-4-3-5-12(8-11)9-16-13(17)14(6-7-14)10-15-2/h3-5,8,15H,6-7,9-10H2,1-2H3,(H,16,17). The molecule has 3 heteroatoms. The van der Waals surface area contributed by atoms with Crippen molar-refractivity contribution in [1.82, 2.24) is 10.6 Å². The molecular formula is C14H20N2O. The van der Waals surface area contributed by atoms with Gasteiger partial charge in [-0.25, -0.2) is 0 Å². The van der Waals surface area contributed by atoms with E-state index in [9.17, 15) is 4.79 Å². The van der Waals surface area contributed by atoms with Crippen LogP contribution in [-0.2, 0) is 11.3 Å². The molecule has 0 aromatic heterocycles. The van der Waals surface area contributed by atoms with E-state index in [0.717, 1.165) is 19.4 Å². The van der Waals surface area contributed by atoms with Crippen molar-refractivity contribution < 1.29 is 4.79 Å². The minimum absolute atomic E-state index is 0.126. The van der Waals surface area contributed by atoms with E-state index in [-0.39, 0.29) is 11.3 Å². The lowest BCUT2D eigenvalue weighted by Gasteiger charge is -2.14. The largest absolute Gasteiger partial charge is 0.352 e. The predicted octanol–water partition coefficient (Wildman–Crippen LogP) is 1.61. The van der Waals surface area contributed by atoms with Gasteiger partial charge in [0, 0.05) is 13.1 Å². The number of rotatable bonds is 5. The first kappa shape index (κ1) is 12.1. The third-order valence-corrected chi connectivity index (χ3v) is 3.39. The summed E-state index contributed by atoms with van der Waals surface area (Å²) in [6, 6.07) is 8.24. The van der Waals surface area contributed by atoms with Crippen LogP contribution in [0.15, 0.2) is 24.3 Å². The molecule has 0 saturated heterocycles. The summed E-state index contributed by atoms with van der Waals surface area (Å²) in [4.78, 5) is 12.0. The summed E-state index contributed by atoms with van der Waals surface area (Å²) < 4.78 is 0. The van der Waals surface area contributed by atoms with Gasteiger partial charge in [-0.05, 0) is 32.4 Å². The number of nitrogens with one attached hydrogen (secondary N) is 2. The van der Waals surface area contributed by atoms with Crippen molar-refractivity contribution in [2.45, 2.75) is 26.3 Å². The van der Waals surface area contributed by atoms with E-state index in [1.54, 1.807) is 0 Å². The highest BCUT2D eigenvalue weighted by Gasteiger charge is 2.48. The van der Waals surface area contributed by atoms with Crippen molar-refractivity contribution >= 4 is 5.91 Å². The van der Waals surface area contributed by atoms with Gasteiger partial charge in [0.25, 0.3) is 0 Å². The number of benzene rings is 1. The fraction of sp³-hybridized carbons (Fsp3) is 0.500. The van der Waals surface area contributed by atoms with Gasteiger partial charge in [0.1, 0.15) is 0 Å². The zero-order chi connectivity index (χ0) is 12.3. The third kappa shape index (κ3) is 2.86. The molecule has 0 unspecified atom stereocenters. The highest BCUT2D eigenvalue weighted by atomic mass is 16.2. The summed E-state index contributed by atoms with van der Waals surface area (Å²) in [5.74, 6) is 0.188. The molecule has 0 heterocycles. The molecule has 1 amide bonds. The maximum absolute atomic E-state index is 12.0. The van der Waals surface area contributed by atoms with Gasteiger partial charge in [-0.1, -0.05) is 29.8 Å². The first-order valence-electron chi connectivity index (χ1n) is 6.15. The Labute approximate surface area is 103 Å². The summed E-state index contributed by atoms with van der Waals surface area (Å²) in [6.07, 6.45) is 2.01. The molecule has 2 rings (SSSR count). The molecule has 1 aromatic rings. The van der Waals surface area contributed by atoms with E-state index in [0.29, 0.717) is 6.54 Å². The maximum atomic E-state index is 12.0. The first-order chi connectivity index (χ1) is 8.16. The van der Waals surface area contributed by atoms with Crippen LogP contribution in [0.3, 0.4) is 0 Å². The van der Waals surface area contributed by atoms with E-state index in [2.05, 4.69) is 29.7 Å². The average Bonchev–Trinajstić information content (AvgIpc) is 3.08. The van der Waals surface area contributed by atoms with Gasteiger partial charge < -0.3 is 10.6 Å². The van der Waals surface area contributed by atoms with Crippen LogP contribution >= 0.6 is 0 Å². The molecule has 0 aliphatic heterocycles. The van der Waals surface area contributed by atoms with Crippen LogP contribution in [0, 0.1) is 12.3 Å². The molecule has 3 nitrogen and oxygen atoms in total. The van der Waals surface area contributed by atoms with Crippen molar-refractivity contribution in [3.05, 3.63) is 35.4 Å². The highest BCUT2D eigenvalue weighted by molar-refractivity contribution is 5.85.